The third-order valence-electron chi connectivity index (χ3n) is 5.20. The molecule has 0 saturated carbocycles. The van der Waals surface area contributed by atoms with Gasteiger partial charge in [0.2, 0.25) is 22.7 Å². The smallest absolute Gasteiger partial charge is 0.241 e. The molecule has 9 heteroatoms. The van der Waals surface area contributed by atoms with Gasteiger partial charge in [-0.25, -0.2) is 8.42 Å². The first-order valence-electron chi connectivity index (χ1n) is 10.1. The molecule has 1 N–H and O–H groups in total. The van der Waals surface area contributed by atoms with E-state index in [2.05, 4.69) is 5.32 Å². The van der Waals surface area contributed by atoms with Crippen molar-refractivity contribution in [2.45, 2.75) is 33.2 Å². The van der Waals surface area contributed by atoms with Gasteiger partial charge in [-0.2, -0.15) is 0 Å². The van der Waals surface area contributed by atoms with Gasteiger partial charge in [0.25, 0.3) is 0 Å². The number of nitrogens with zero attached hydrogens (tertiary/aromatic N) is 1. The number of benzene rings is 2. The molecule has 2 aromatic carbocycles. The molecule has 0 aliphatic carbocycles. The maximum Gasteiger partial charge on any atom is 0.241 e. The van der Waals surface area contributed by atoms with Crippen molar-refractivity contribution in [3.05, 3.63) is 47.5 Å². The van der Waals surface area contributed by atoms with E-state index in [0.29, 0.717) is 23.6 Å². The number of hydrogen-bond donors (Lipinski definition) is 1. The highest BCUT2D eigenvalue weighted by Gasteiger charge is 2.26. The molecule has 0 bridgehead atoms. The van der Waals surface area contributed by atoms with Crippen molar-refractivity contribution in [2.24, 2.45) is 0 Å². The second-order valence-corrected chi connectivity index (χ2v) is 9.38. The van der Waals surface area contributed by atoms with Gasteiger partial charge < -0.3 is 19.5 Å². The summed E-state index contributed by atoms with van der Waals surface area (Å²) in [4.78, 5) is 12.9. The predicted molar refractivity (Wildman–Crippen MR) is 118 cm³/mol. The summed E-state index contributed by atoms with van der Waals surface area (Å²) in [6.45, 7) is 5.19. The molecule has 31 heavy (non-hydrogen) atoms. The molecule has 3 rings (SSSR count). The van der Waals surface area contributed by atoms with Gasteiger partial charge in [-0.1, -0.05) is 19.1 Å². The Labute approximate surface area is 183 Å². The Kier molecular flexibility index (Phi) is 6.94. The van der Waals surface area contributed by atoms with Gasteiger partial charge in [-0.05, 0) is 49.6 Å². The zero-order valence-electron chi connectivity index (χ0n) is 18.2. The molecule has 1 amide bonds. The number of anilines is 1. The van der Waals surface area contributed by atoms with Crippen LogP contribution in [0, 0.1) is 6.92 Å². The normalized spacial score (nSPS) is 13.5. The van der Waals surface area contributed by atoms with Crippen LogP contribution in [0.25, 0.3) is 0 Å². The second-order valence-electron chi connectivity index (χ2n) is 7.20. The van der Waals surface area contributed by atoms with E-state index in [9.17, 15) is 13.2 Å². The fourth-order valence-corrected chi connectivity index (χ4v) is 4.52. The molecule has 0 radical (unpaired) electrons. The highest BCUT2D eigenvalue weighted by molar-refractivity contribution is 7.92. The van der Waals surface area contributed by atoms with E-state index in [0.717, 1.165) is 21.2 Å². The second kappa shape index (κ2) is 9.47. The van der Waals surface area contributed by atoms with Crippen molar-refractivity contribution in [3.63, 3.8) is 0 Å². The SMILES string of the molecule is CC[C@@H](NC(=O)CN(c1ccc2c(c1)OCO2)S(=O)(=O)CC)c1ccc(OC)c(C)c1. The Morgan fingerprint density at radius 3 is 2.55 bits per heavy atom. The average molecular weight is 449 g/mol. The lowest BCUT2D eigenvalue weighted by Gasteiger charge is -2.25. The Hall–Kier alpha value is -2.94. The maximum absolute atomic E-state index is 12.9. The van der Waals surface area contributed by atoms with Crippen LogP contribution in [-0.4, -0.2) is 40.5 Å². The number of sulfonamides is 1. The number of fused-ring (bicyclic) bond motifs is 1. The third-order valence-corrected chi connectivity index (χ3v) is 6.94. The van der Waals surface area contributed by atoms with Crippen LogP contribution < -0.4 is 23.8 Å². The van der Waals surface area contributed by atoms with Crippen LogP contribution in [0.5, 0.6) is 17.2 Å². The maximum atomic E-state index is 12.9. The number of carbonyl (C=O) groups excluding carboxylic acids is 1. The number of aryl methyl sites for hydroxylation is 1. The van der Waals surface area contributed by atoms with Crippen LogP contribution in [0.4, 0.5) is 5.69 Å². The van der Waals surface area contributed by atoms with Crippen LogP contribution in [0.1, 0.15) is 37.4 Å². The minimum absolute atomic E-state index is 0.0826. The van der Waals surface area contributed by atoms with Gasteiger partial charge in [0.15, 0.2) is 11.5 Å². The number of ether oxygens (including phenoxy) is 3. The summed E-state index contributed by atoms with van der Waals surface area (Å²) in [5, 5.41) is 2.95. The summed E-state index contributed by atoms with van der Waals surface area (Å²) in [6, 6.07) is 10.3. The van der Waals surface area contributed by atoms with Gasteiger partial charge in [0.05, 0.1) is 24.6 Å². The lowest BCUT2D eigenvalue weighted by atomic mass is 10.0. The van der Waals surface area contributed by atoms with Crippen LogP contribution >= 0.6 is 0 Å². The van der Waals surface area contributed by atoms with Crippen molar-refractivity contribution in [3.8, 4) is 17.2 Å². The average Bonchev–Trinajstić information content (AvgIpc) is 3.23. The first-order chi connectivity index (χ1) is 14.8. The summed E-state index contributed by atoms with van der Waals surface area (Å²) < 4.78 is 42.5. The Bertz CT molecular complexity index is 1050. The number of hydrogen-bond acceptors (Lipinski definition) is 6. The number of nitrogens with one attached hydrogen (secondary N) is 1. The zero-order chi connectivity index (χ0) is 22.6. The molecule has 0 unspecified atom stereocenters. The standard InChI is InChI=1S/C22H28N2O6S/c1-5-18(16-7-9-19(28-4)15(3)11-16)23-22(25)13-24(31(26,27)6-2)17-8-10-20-21(12-17)30-14-29-20/h7-12,18H,5-6,13-14H2,1-4H3,(H,23,25)/t18-/m1/s1. The number of carbonyl (C=O) groups is 1. The molecule has 0 spiro atoms. The topological polar surface area (TPSA) is 94.2 Å². The van der Waals surface area contributed by atoms with Gasteiger partial charge in [-0.3, -0.25) is 9.10 Å². The van der Waals surface area contributed by atoms with Gasteiger partial charge in [0.1, 0.15) is 12.3 Å². The molecule has 0 aromatic heterocycles. The van der Waals surface area contributed by atoms with E-state index in [4.69, 9.17) is 14.2 Å². The predicted octanol–water partition coefficient (Wildman–Crippen LogP) is 3.16. The van der Waals surface area contributed by atoms with E-state index >= 15 is 0 Å². The summed E-state index contributed by atoms with van der Waals surface area (Å²) in [5.74, 6) is 1.24. The summed E-state index contributed by atoms with van der Waals surface area (Å²) >= 11 is 0. The van der Waals surface area contributed by atoms with E-state index in [1.54, 1.807) is 32.2 Å². The molecule has 1 aliphatic rings. The van der Waals surface area contributed by atoms with Crippen molar-refractivity contribution in [1.29, 1.82) is 0 Å². The molecule has 0 saturated heterocycles. The van der Waals surface area contributed by atoms with Gasteiger partial charge in [0, 0.05) is 6.07 Å². The number of rotatable bonds is 9. The Balaban J connectivity index is 1.81. The van der Waals surface area contributed by atoms with Crippen LogP contribution in [0.15, 0.2) is 36.4 Å². The van der Waals surface area contributed by atoms with Crippen molar-refractivity contribution in [1.82, 2.24) is 5.32 Å². The fraction of sp³-hybridized carbons (Fsp3) is 0.409. The van der Waals surface area contributed by atoms with Gasteiger partial charge >= 0.3 is 0 Å². The zero-order valence-corrected chi connectivity index (χ0v) is 19.0. The molecule has 1 atom stereocenters. The van der Waals surface area contributed by atoms with Crippen molar-refractivity contribution < 1.29 is 27.4 Å². The van der Waals surface area contributed by atoms with Gasteiger partial charge in [-0.15, -0.1) is 0 Å². The Morgan fingerprint density at radius 2 is 1.90 bits per heavy atom. The molecule has 1 heterocycles. The number of methoxy groups -OCH3 is 1. The van der Waals surface area contributed by atoms with E-state index in [1.165, 1.54) is 0 Å². The quantitative estimate of drug-likeness (QED) is 0.633. The minimum Gasteiger partial charge on any atom is -0.496 e. The number of amides is 1. The van der Waals surface area contributed by atoms with E-state index < -0.39 is 15.9 Å². The van der Waals surface area contributed by atoms with E-state index in [1.807, 2.05) is 32.0 Å². The first kappa shape index (κ1) is 22.7. The highest BCUT2D eigenvalue weighted by atomic mass is 32.2. The Morgan fingerprint density at radius 1 is 1.16 bits per heavy atom. The lowest BCUT2D eigenvalue weighted by Crippen LogP contribution is -2.42. The van der Waals surface area contributed by atoms with E-state index in [-0.39, 0.29) is 25.1 Å². The molecule has 8 nitrogen and oxygen atoms in total. The molecule has 0 fully saturated rings. The summed E-state index contributed by atoms with van der Waals surface area (Å²) in [7, 11) is -2.08. The highest BCUT2D eigenvalue weighted by Crippen LogP contribution is 2.36. The minimum atomic E-state index is -3.69. The van der Waals surface area contributed by atoms with Crippen LogP contribution in [0.3, 0.4) is 0 Å². The monoisotopic (exact) mass is 448 g/mol. The summed E-state index contributed by atoms with van der Waals surface area (Å²) in [5.41, 5.74) is 2.25. The van der Waals surface area contributed by atoms with Crippen LogP contribution in [0.2, 0.25) is 0 Å². The molecule has 168 valence electrons. The molecular weight excluding hydrogens is 420 g/mol. The fourth-order valence-electron chi connectivity index (χ4n) is 3.46. The molecule has 2 aromatic rings. The lowest BCUT2D eigenvalue weighted by molar-refractivity contribution is -0.120. The van der Waals surface area contributed by atoms with Crippen molar-refractivity contribution >= 4 is 21.6 Å². The van der Waals surface area contributed by atoms with Crippen LogP contribution in [-0.2, 0) is 14.8 Å². The molecular formula is C22H28N2O6S. The third kappa shape index (κ3) is 5.04. The van der Waals surface area contributed by atoms with Crippen molar-refractivity contribution in [2.75, 3.05) is 30.5 Å². The largest absolute Gasteiger partial charge is 0.496 e. The molecule has 1 aliphatic heterocycles. The summed E-state index contributed by atoms with van der Waals surface area (Å²) in [6.07, 6.45) is 0.655. The first-order valence-corrected chi connectivity index (χ1v) is 11.7.